The van der Waals surface area contributed by atoms with Crippen LogP contribution in [0.2, 0.25) is 5.02 Å². The van der Waals surface area contributed by atoms with Gasteiger partial charge in [-0.05, 0) is 42.7 Å². The SMILES string of the molecule is CCCCNC(=O)[C@H](C)N(Cc1ccccc1Cl)C(=O)CSCc1ccc(Br)cc1. The molecule has 0 unspecified atom stereocenters. The van der Waals surface area contributed by atoms with Crippen LogP contribution in [0.15, 0.2) is 53.0 Å². The van der Waals surface area contributed by atoms with Crippen molar-refractivity contribution in [2.75, 3.05) is 12.3 Å². The summed E-state index contributed by atoms with van der Waals surface area (Å²) in [5.74, 6) is 0.820. The van der Waals surface area contributed by atoms with E-state index in [2.05, 4.69) is 28.2 Å². The van der Waals surface area contributed by atoms with Crippen molar-refractivity contribution in [3.8, 4) is 0 Å². The molecule has 162 valence electrons. The minimum atomic E-state index is -0.570. The summed E-state index contributed by atoms with van der Waals surface area (Å²) in [5, 5.41) is 3.52. The second-order valence-corrected chi connectivity index (χ2v) is 9.36. The zero-order chi connectivity index (χ0) is 21.9. The van der Waals surface area contributed by atoms with Crippen LogP contribution < -0.4 is 5.32 Å². The van der Waals surface area contributed by atoms with Crippen molar-refractivity contribution in [1.29, 1.82) is 0 Å². The smallest absolute Gasteiger partial charge is 0.242 e. The van der Waals surface area contributed by atoms with Gasteiger partial charge in [0.25, 0.3) is 0 Å². The molecular weight excluding hydrogens is 484 g/mol. The lowest BCUT2D eigenvalue weighted by atomic mass is 10.1. The molecule has 0 spiro atoms. The number of nitrogens with one attached hydrogen (secondary N) is 1. The quantitative estimate of drug-likeness (QED) is 0.396. The summed E-state index contributed by atoms with van der Waals surface area (Å²) in [5.41, 5.74) is 1.98. The molecule has 2 rings (SSSR count). The molecule has 4 nitrogen and oxygen atoms in total. The highest BCUT2D eigenvalue weighted by molar-refractivity contribution is 9.10. The highest BCUT2D eigenvalue weighted by Gasteiger charge is 2.26. The summed E-state index contributed by atoms with van der Waals surface area (Å²) in [6.45, 7) is 4.77. The molecule has 0 fully saturated rings. The van der Waals surface area contributed by atoms with E-state index in [0.29, 0.717) is 23.9 Å². The molecule has 0 aromatic heterocycles. The lowest BCUT2D eigenvalue weighted by Crippen LogP contribution is -2.48. The van der Waals surface area contributed by atoms with E-state index in [1.807, 2.05) is 42.5 Å². The molecule has 1 atom stereocenters. The molecule has 0 saturated carbocycles. The Balaban J connectivity index is 2.04. The number of hydrogen-bond donors (Lipinski definition) is 1. The van der Waals surface area contributed by atoms with Crippen LogP contribution in [-0.4, -0.2) is 35.1 Å². The number of thioether (sulfide) groups is 1. The number of amides is 2. The minimum Gasteiger partial charge on any atom is -0.354 e. The highest BCUT2D eigenvalue weighted by atomic mass is 79.9. The number of halogens is 2. The third kappa shape index (κ3) is 7.97. The Morgan fingerprint density at radius 2 is 1.87 bits per heavy atom. The van der Waals surface area contributed by atoms with Crippen molar-refractivity contribution in [3.63, 3.8) is 0 Å². The number of unbranched alkanes of at least 4 members (excludes halogenated alkanes) is 1. The molecule has 0 aliphatic carbocycles. The Hall–Kier alpha value is -1.50. The molecular formula is C23H28BrClN2O2S. The molecule has 0 radical (unpaired) electrons. The average molecular weight is 512 g/mol. The summed E-state index contributed by atoms with van der Waals surface area (Å²) in [6.07, 6.45) is 1.92. The predicted molar refractivity (Wildman–Crippen MR) is 130 cm³/mol. The lowest BCUT2D eigenvalue weighted by Gasteiger charge is -2.29. The molecule has 2 aromatic rings. The standard InChI is InChI=1S/C23H28BrClN2O2S/c1-3-4-13-26-23(29)17(2)27(14-19-7-5-6-8-21(19)25)22(28)16-30-15-18-9-11-20(24)12-10-18/h5-12,17H,3-4,13-16H2,1-2H3,(H,26,29)/t17-/m0/s1. The molecule has 2 aromatic carbocycles. The Bertz CT molecular complexity index is 832. The van der Waals surface area contributed by atoms with Crippen molar-refractivity contribution in [2.24, 2.45) is 0 Å². The largest absolute Gasteiger partial charge is 0.354 e. The second-order valence-electron chi connectivity index (χ2n) is 7.05. The Kier molecular flexibility index (Phi) is 10.8. The molecule has 30 heavy (non-hydrogen) atoms. The van der Waals surface area contributed by atoms with E-state index in [-0.39, 0.29) is 11.8 Å². The van der Waals surface area contributed by atoms with E-state index < -0.39 is 6.04 Å². The molecule has 2 amide bonds. The third-order valence-electron chi connectivity index (χ3n) is 4.70. The van der Waals surface area contributed by atoms with Crippen LogP contribution in [-0.2, 0) is 21.9 Å². The molecule has 1 N–H and O–H groups in total. The van der Waals surface area contributed by atoms with E-state index >= 15 is 0 Å². The van der Waals surface area contributed by atoms with Gasteiger partial charge in [0, 0.05) is 28.3 Å². The summed E-state index contributed by atoms with van der Waals surface area (Å²) in [6, 6.07) is 14.9. The first-order chi connectivity index (χ1) is 14.4. The highest BCUT2D eigenvalue weighted by Crippen LogP contribution is 2.21. The number of rotatable bonds is 11. The van der Waals surface area contributed by atoms with Gasteiger partial charge in [0.05, 0.1) is 5.75 Å². The van der Waals surface area contributed by atoms with Crippen LogP contribution in [0.1, 0.15) is 37.8 Å². The number of carbonyl (C=O) groups is 2. The Labute approximate surface area is 196 Å². The zero-order valence-corrected chi connectivity index (χ0v) is 20.5. The maximum absolute atomic E-state index is 13.1. The van der Waals surface area contributed by atoms with Gasteiger partial charge in [-0.3, -0.25) is 9.59 Å². The number of carbonyl (C=O) groups excluding carboxylic acids is 2. The first-order valence-electron chi connectivity index (χ1n) is 10.0. The number of hydrogen-bond acceptors (Lipinski definition) is 3. The van der Waals surface area contributed by atoms with Gasteiger partial charge >= 0.3 is 0 Å². The van der Waals surface area contributed by atoms with E-state index in [0.717, 1.165) is 34.2 Å². The summed E-state index contributed by atoms with van der Waals surface area (Å²) in [7, 11) is 0. The van der Waals surface area contributed by atoms with E-state index in [1.54, 1.807) is 29.7 Å². The van der Waals surface area contributed by atoms with Crippen molar-refractivity contribution in [2.45, 2.75) is 45.0 Å². The second kappa shape index (κ2) is 13.0. The number of nitrogens with zero attached hydrogens (tertiary/aromatic N) is 1. The summed E-state index contributed by atoms with van der Waals surface area (Å²) >= 11 is 11.3. The van der Waals surface area contributed by atoms with Crippen molar-refractivity contribution >= 4 is 51.1 Å². The molecule has 0 aliphatic heterocycles. The normalized spacial score (nSPS) is 11.7. The van der Waals surface area contributed by atoms with E-state index in [9.17, 15) is 9.59 Å². The van der Waals surface area contributed by atoms with Gasteiger partial charge in [0.2, 0.25) is 11.8 Å². The molecule has 0 aliphatic rings. The van der Waals surface area contributed by atoms with Crippen LogP contribution in [0.3, 0.4) is 0 Å². The van der Waals surface area contributed by atoms with Crippen LogP contribution in [0.4, 0.5) is 0 Å². The summed E-state index contributed by atoms with van der Waals surface area (Å²) in [4.78, 5) is 27.3. The summed E-state index contributed by atoms with van der Waals surface area (Å²) < 4.78 is 1.03. The van der Waals surface area contributed by atoms with E-state index in [4.69, 9.17) is 11.6 Å². The van der Waals surface area contributed by atoms with Gasteiger partial charge in [0.1, 0.15) is 6.04 Å². The fourth-order valence-electron chi connectivity index (χ4n) is 2.85. The van der Waals surface area contributed by atoms with Gasteiger partial charge in [-0.1, -0.05) is 71.2 Å². The molecule has 0 heterocycles. The fourth-order valence-corrected chi connectivity index (χ4v) is 4.18. The van der Waals surface area contributed by atoms with Crippen molar-refractivity contribution in [3.05, 3.63) is 69.2 Å². The van der Waals surface area contributed by atoms with Crippen LogP contribution in [0.25, 0.3) is 0 Å². The van der Waals surface area contributed by atoms with Crippen molar-refractivity contribution < 1.29 is 9.59 Å². The van der Waals surface area contributed by atoms with Gasteiger partial charge in [-0.25, -0.2) is 0 Å². The zero-order valence-electron chi connectivity index (χ0n) is 17.4. The van der Waals surface area contributed by atoms with Gasteiger partial charge < -0.3 is 10.2 Å². The van der Waals surface area contributed by atoms with Crippen LogP contribution >= 0.6 is 39.3 Å². The van der Waals surface area contributed by atoms with Crippen LogP contribution in [0, 0.1) is 0 Å². The fraction of sp³-hybridized carbons (Fsp3) is 0.391. The maximum atomic E-state index is 13.1. The third-order valence-corrected chi connectivity index (χ3v) is 6.59. The number of benzene rings is 2. The molecule has 7 heteroatoms. The Morgan fingerprint density at radius 1 is 1.17 bits per heavy atom. The Morgan fingerprint density at radius 3 is 2.53 bits per heavy atom. The lowest BCUT2D eigenvalue weighted by molar-refractivity contribution is -0.138. The van der Waals surface area contributed by atoms with Crippen molar-refractivity contribution in [1.82, 2.24) is 10.2 Å². The minimum absolute atomic E-state index is 0.0739. The first kappa shape index (κ1) is 24.8. The first-order valence-corrected chi connectivity index (χ1v) is 12.4. The average Bonchev–Trinajstić information content (AvgIpc) is 2.74. The molecule has 0 bridgehead atoms. The molecule has 0 saturated heterocycles. The van der Waals surface area contributed by atoms with E-state index in [1.165, 1.54) is 0 Å². The predicted octanol–water partition coefficient (Wildman–Crippen LogP) is 5.67. The topological polar surface area (TPSA) is 49.4 Å². The monoisotopic (exact) mass is 510 g/mol. The van der Waals surface area contributed by atoms with Crippen LogP contribution in [0.5, 0.6) is 0 Å². The van der Waals surface area contributed by atoms with Gasteiger partial charge in [-0.2, -0.15) is 0 Å². The van der Waals surface area contributed by atoms with Gasteiger partial charge in [0.15, 0.2) is 0 Å². The maximum Gasteiger partial charge on any atom is 0.242 e. The van der Waals surface area contributed by atoms with Gasteiger partial charge in [-0.15, -0.1) is 11.8 Å².